The zero-order valence-electron chi connectivity index (χ0n) is 12.0. The average Bonchev–Trinajstić information content (AvgIpc) is 3.18. The summed E-state index contributed by atoms with van der Waals surface area (Å²) < 4.78 is 2.07. The summed E-state index contributed by atoms with van der Waals surface area (Å²) in [6.07, 6.45) is 2.63. The van der Waals surface area contributed by atoms with E-state index in [0.29, 0.717) is 0 Å². The van der Waals surface area contributed by atoms with Gasteiger partial charge < -0.3 is 5.32 Å². The summed E-state index contributed by atoms with van der Waals surface area (Å²) in [5.74, 6) is 0. The Kier molecular flexibility index (Phi) is 3.81. The quantitative estimate of drug-likeness (QED) is 0.914. The molecule has 4 heteroatoms. The van der Waals surface area contributed by atoms with Crippen molar-refractivity contribution >= 4 is 11.6 Å². The Labute approximate surface area is 124 Å². The minimum Gasteiger partial charge on any atom is -0.310 e. The number of rotatable bonds is 5. The zero-order valence-corrected chi connectivity index (χ0v) is 12.7. The molecule has 0 unspecified atom stereocenters. The second-order valence-electron chi connectivity index (χ2n) is 5.59. The van der Waals surface area contributed by atoms with Gasteiger partial charge in [0, 0.05) is 28.9 Å². The lowest BCUT2D eigenvalue weighted by atomic mass is 10.2. The molecule has 1 aromatic heterocycles. The molecule has 106 valence electrons. The third-order valence-electron chi connectivity index (χ3n) is 3.90. The number of aryl methyl sites for hydroxylation is 1. The van der Waals surface area contributed by atoms with Crippen molar-refractivity contribution in [3.63, 3.8) is 0 Å². The Balaban J connectivity index is 1.77. The normalized spacial score (nSPS) is 14.8. The molecule has 0 atom stereocenters. The van der Waals surface area contributed by atoms with E-state index in [1.807, 2.05) is 18.2 Å². The van der Waals surface area contributed by atoms with Crippen LogP contribution >= 0.6 is 11.6 Å². The van der Waals surface area contributed by atoms with E-state index in [0.717, 1.165) is 29.8 Å². The lowest BCUT2D eigenvalue weighted by molar-refractivity contribution is 0.652. The highest BCUT2D eigenvalue weighted by Gasteiger charge is 2.21. The molecule has 0 amide bonds. The summed E-state index contributed by atoms with van der Waals surface area (Å²) in [5, 5.41) is 9.01. The lowest BCUT2D eigenvalue weighted by Crippen LogP contribution is -2.16. The smallest absolute Gasteiger partial charge is 0.0663 e. The van der Waals surface area contributed by atoms with E-state index in [9.17, 15) is 0 Å². The molecule has 1 aliphatic rings. The second-order valence-corrected chi connectivity index (χ2v) is 6.03. The highest BCUT2D eigenvalue weighted by atomic mass is 35.5. The predicted octanol–water partition coefficient (Wildman–Crippen LogP) is 3.45. The number of aromatic nitrogens is 2. The minimum absolute atomic E-state index is 0.727. The third kappa shape index (κ3) is 3.05. The largest absolute Gasteiger partial charge is 0.310 e. The molecule has 0 bridgehead atoms. The molecular formula is C16H20ClN3. The molecule has 20 heavy (non-hydrogen) atoms. The van der Waals surface area contributed by atoms with Gasteiger partial charge in [-0.1, -0.05) is 23.7 Å². The molecule has 1 fully saturated rings. The van der Waals surface area contributed by atoms with Gasteiger partial charge in [-0.3, -0.25) is 4.68 Å². The molecule has 1 saturated carbocycles. The van der Waals surface area contributed by atoms with Crippen molar-refractivity contribution in [2.45, 2.75) is 45.8 Å². The first-order valence-corrected chi connectivity index (χ1v) is 7.52. The van der Waals surface area contributed by atoms with Crippen molar-refractivity contribution in [1.82, 2.24) is 15.1 Å². The summed E-state index contributed by atoms with van der Waals surface area (Å²) in [5.41, 5.74) is 4.89. The molecule has 1 N–H and O–H groups in total. The summed E-state index contributed by atoms with van der Waals surface area (Å²) in [6.45, 7) is 5.94. The summed E-state index contributed by atoms with van der Waals surface area (Å²) in [7, 11) is 0. The van der Waals surface area contributed by atoms with Crippen LogP contribution in [0.2, 0.25) is 5.02 Å². The molecule has 3 rings (SSSR count). The van der Waals surface area contributed by atoms with Crippen molar-refractivity contribution in [3.8, 4) is 0 Å². The van der Waals surface area contributed by atoms with Gasteiger partial charge in [-0.05, 0) is 44.4 Å². The first-order valence-electron chi connectivity index (χ1n) is 7.14. The standard InChI is InChI=1S/C16H20ClN3/c1-11-16(9-18-15-6-7-15)12(2)20(19-11)10-13-4-3-5-14(17)8-13/h3-5,8,15,18H,6-7,9-10H2,1-2H3. The molecule has 3 nitrogen and oxygen atoms in total. The van der Waals surface area contributed by atoms with Crippen LogP contribution in [0.3, 0.4) is 0 Å². The molecule has 1 aromatic carbocycles. The highest BCUT2D eigenvalue weighted by Crippen LogP contribution is 2.21. The highest BCUT2D eigenvalue weighted by molar-refractivity contribution is 6.30. The van der Waals surface area contributed by atoms with Crippen LogP contribution in [-0.2, 0) is 13.1 Å². The number of nitrogens with one attached hydrogen (secondary N) is 1. The Morgan fingerprint density at radius 2 is 2.15 bits per heavy atom. The Bertz CT molecular complexity index is 614. The fraction of sp³-hybridized carbons (Fsp3) is 0.438. The molecule has 1 heterocycles. The van der Waals surface area contributed by atoms with Gasteiger partial charge in [0.1, 0.15) is 0 Å². The van der Waals surface area contributed by atoms with E-state index in [2.05, 4.69) is 35.0 Å². The summed E-state index contributed by atoms with van der Waals surface area (Å²) >= 11 is 6.04. The van der Waals surface area contributed by atoms with Crippen LogP contribution in [-0.4, -0.2) is 15.8 Å². The SMILES string of the molecule is Cc1nn(Cc2cccc(Cl)c2)c(C)c1CNC1CC1. The zero-order chi connectivity index (χ0) is 14.1. The minimum atomic E-state index is 0.727. The van der Waals surface area contributed by atoms with Gasteiger partial charge in [0.2, 0.25) is 0 Å². The molecule has 0 saturated heterocycles. The number of benzene rings is 1. The van der Waals surface area contributed by atoms with Crippen molar-refractivity contribution < 1.29 is 0 Å². The van der Waals surface area contributed by atoms with Gasteiger partial charge >= 0.3 is 0 Å². The summed E-state index contributed by atoms with van der Waals surface area (Å²) in [4.78, 5) is 0. The molecule has 2 aromatic rings. The fourth-order valence-electron chi connectivity index (χ4n) is 2.49. The lowest BCUT2D eigenvalue weighted by Gasteiger charge is -2.07. The van der Waals surface area contributed by atoms with Crippen molar-refractivity contribution in [3.05, 3.63) is 51.8 Å². The van der Waals surface area contributed by atoms with Crippen LogP contribution in [0, 0.1) is 13.8 Å². The van der Waals surface area contributed by atoms with Gasteiger partial charge in [0.25, 0.3) is 0 Å². The monoisotopic (exact) mass is 289 g/mol. The van der Waals surface area contributed by atoms with Gasteiger partial charge in [-0.25, -0.2) is 0 Å². The first-order chi connectivity index (χ1) is 9.63. The molecule has 0 spiro atoms. The van der Waals surface area contributed by atoms with Crippen LogP contribution in [0.25, 0.3) is 0 Å². The Morgan fingerprint density at radius 1 is 1.35 bits per heavy atom. The third-order valence-corrected chi connectivity index (χ3v) is 4.13. The Hall–Kier alpha value is -1.32. The van der Waals surface area contributed by atoms with Gasteiger partial charge in [-0.2, -0.15) is 5.10 Å². The van der Waals surface area contributed by atoms with Gasteiger partial charge in [-0.15, -0.1) is 0 Å². The maximum atomic E-state index is 6.04. The Morgan fingerprint density at radius 3 is 2.85 bits per heavy atom. The maximum Gasteiger partial charge on any atom is 0.0663 e. The topological polar surface area (TPSA) is 29.9 Å². The second kappa shape index (κ2) is 5.58. The number of hydrogen-bond acceptors (Lipinski definition) is 2. The average molecular weight is 290 g/mol. The predicted molar refractivity (Wildman–Crippen MR) is 82.1 cm³/mol. The maximum absolute atomic E-state index is 6.04. The van der Waals surface area contributed by atoms with Crippen LogP contribution in [0.15, 0.2) is 24.3 Å². The number of halogens is 1. The molecule has 0 radical (unpaired) electrons. The van der Waals surface area contributed by atoms with E-state index in [1.165, 1.54) is 29.7 Å². The summed E-state index contributed by atoms with van der Waals surface area (Å²) in [6, 6.07) is 8.70. The van der Waals surface area contributed by atoms with E-state index < -0.39 is 0 Å². The van der Waals surface area contributed by atoms with Crippen LogP contribution < -0.4 is 5.32 Å². The fourth-order valence-corrected chi connectivity index (χ4v) is 2.70. The molecule has 0 aliphatic heterocycles. The number of nitrogens with zero attached hydrogens (tertiary/aromatic N) is 2. The van der Waals surface area contributed by atoms with Gasteiger partial charge in [0.15, 0.2) is 0 Å². The van der Waals surface area contributed by atoms with E-state index >= 15 is 0 Å². The van der Waals surface area contributed by atoms with Gasteiger partial charge in [0.05, 0.1) is 12.2 Å². The van der Waals surface area contributed by atoms with E-state index in [1.54, 1.807) is 0 Å². The van der Waals surface area contributed by atoms with Crippen LogP contribution in [0.4, 0.5) is 0 Å². The van der Waals surface area contributed by atoms with Crippen molar-refractivity contribution in [2.24, 2.45) is 0 Å². The van der Waals surface area contributed by atoms with E-state index in [-0.39, 0.29) is 0 Å². The van der Waals surface area contributed by atoms with Crippen molar-refractivity contribution in [1.29, 1.82) is 0 Å². The molecular weight excluding hydrogens is 270 g/mol. The van der Waals surface area contributed by atoms with E-state index in [4.69, 9.17) is 11.6 Å². The number of hydrogen-bond donors (Lipinski definition) is 1. The van der Waals surface area contributed by atoms with Crippen molar-refractivity contribution in [2.75, 3.05) is 0 Å². The molecule has 1 aliphatic carbocycles. The first kappa shape index (κ1) is 13.7. The van der Waals surface area contributed by atoms with Crippen LogP contribution in [0.5, 0.6) is 0 Å². The van der Waals surface area contributed by atoms with Crippen LogP contribution in [0.1, 0.15) is 35.4 Å².